The molecule has 0 aliphatic heterocycles. The van der Waals surface area contributed by atoms with Gasteiger partial charge in [-0.15, -0.1) is 0 Å². The van der Waals surface area contributed by atoms with Crippen LogP contribution in [0.4, 0.5) is 0 Å². The van der Waals surface area contributed by atoms with E-state index in [4.69, 9.17) is 16.6 Å². The number of aliphatic carboxylic acids is 1. The van der Waals surface area contributed by atoms with Gasteiger partial charge in [0.2, 0.25) is 0 Å². The minimum absolute atomic E-state index is 0.156. The maximum absolute atomic E-state index is 11.7. The van der Waals surface area contributed by atoms with E-state index in [1.54, 1.807) is 18.7 Å². The Hall–Kier alpha value is -3.12. The van der Waals surface area contributed by atoms with Gasteiger partial charge in [-0.05, 0) is 79.1 Å². The molecule has 1 heterocycles. The number of thioether (sulfide) groups is 1. The molecule has 3 unspecified atom stereocenters. The number of carboxylic acids is 1. The molecule has 3 aromatic carbocycles. The summed E-state index contributed by atoms with van der Waals surface area (Å²) < 4.78 is 0. The van der Waals surface area contributed by atoms with Crippen LogP contribution in [0.25, 0.3) is 23.1 Å². The average molecular weight is 574 g/mol. The summed E-state index contributed by atoms with van der Waals surface area (Å²) in [6, 6.07) is 26.6. The van der Waals surface area contributed by atoms with Gasteiger partial charge in [-0.2, -0.15) is 11.8 Å². The van der Waals surface area contributed by atoms with E-state index < -0.39 is 5.97 Å². The molecule has 0 saturated heterocycles. The Bertz CT molecular complexity index is 1470. The predicted molar refractivity (Wildman–Crippen MR) is 169 cm³/mol. The molecule has 0 saturated carbocycles. The third-order valence-electron chi connectivity index (χ3n) is 6.96. The summed E-state index contributed by atoms with van der Waals surface area (Å²) in [4.78, 5) is 16.4. The van der Waals surface area contributed by atoms with Gasteiger partial charge in [-0.25, -0.2) is 4.98 Å². The lowest BCUT2D eigenvalue weighted by atomic mass is 9.99. The number of halogens is 1. The maximum atomic E-state index is 11.7. The van der Waals surface area contributed by atoms with Crippen LogP contribution < -0.4 is 0 Å². The van der Waals surface area contributed by atoms with Crippen molar-refractivity contribution < 1.29 is 15.0 Å². The summed E-state index contributed by atoms with van der Waals surface area (Å²) in [7, 11) is 0. The summed E-state index contributed by atoms with van der Waals surface area (Å²) in [5.41, 5.74) is 6.33. The highest BCUT2D eigenvalue weighted by Gasteiger charge is 2.20. The molecule has 208 valence electrons. The Morgan fingerprint density at radius 1 is 1.00 bits per heavy atom. The second-order valence-corrected chi connectivity index (χ2v) is 11.9. The number of aliphatic hydroxyl groups excluding tert-OH is 1. The van der Waals surface area contributed by atoms with Crippen LogP contribution in [0, 0.1) is 5.92 Å². The maximum Gasteiger partial charge on any atom is 0.307 e. The first-order valence-corrected chi connectivity index (χ1v) is 15.2. The molecule has 40 heavy (non-hydrogen) atoms. The van der Waals surface area contributed by atoms with Crippen LogP contribution in [-0.2, 0) is 17.6 Å². The van der Waals surface area contributed by atoms with E-state index in [1.165, 1.54) is 11.1 Å². The van der Waals surface area contributed by atoms with Gasteiger partial charge in [0, 0.05) is 21.4 Å². The van der Waals surface area contributed by atoms with Crippen molar-refractivity contribution in [1.82, 2.24) is 4.98 Å². The molecule has 6 heteroatoms. The van der Waals surface area contributed by atoms with Crippen molar-refractivity contribution in [3.63, 3.8) is 0 Å². The van der Waals surface area contributed by atoms with Crippen molar-refractivity contribution in [1.29, 1.82) is 0 Å². The van der Waals surface area contributed by atoms with Crippen molar-refractivity contribution >= 4 is 52.4 Å². The lowest BCUT2D eigenvalue weighted by Gasteiger charge is -2.20. The number of carbonyl (C=O) groups is 1. The van der Waals surface area contributed by atoms with Crippen molar-refractivity contribution in [3.05, 3.63) is 112 Å². The molecule has 0 aliphatic carbocycles. The second kappa shape index (κ2) is 14.5. The lowest BCUT2D eigenvalue weighted by molar-refractivity contribution is -0.140. The zero-order valence-electron chi connectivity index (χ0n) is 23.0. The number of aliphatic hydroxyl groups is 1. The van der Waals surface area contributed by atoms with E-state index in [-0.39, 0.29) is 17.3 Å². The number of carboxylic acid groups (broad SMARTS) is 1. The molecule has 0 spiro atoms. The number of benzene rings is 3. The second-order valence-electron chi connectivity index (χ2n) is 10.3. The minimum Gasteiger partial charge on any atom is -0.481 e. The largest absolute Gasteiger partial charge is 0.481 e. The molecule has 4 aromatic rings. The highest BCUT2D eigenvalue weighted by Crippen LogP contribution is 2.36. The first kappa shape index (κ1) is 29.9. The van der Waals surface area contributed by atoms with Crippen molar-refractivity contribution in [2.75, 3.05) is 5.75 Å². The molecule has 2 N–H and O–H groups in total. The number of rotatable bonds is 13. The van der Waals surface area contributed by atoms with Gasteiger partial charge in [-0.1, -0.05) is 85.3 Å². The zero-order chi connectivity index (χ0) is 28.5. The Morgan fingerprint density at radius 2 is 1.77 bits per heavy atom. The third kappa shape index (κ3) is 8.69. The number of aryl methyl sites for hydroxylation is 1. The van der Waals surface area contributed by atoms with Crippen LogP contribution in [0.15, 0.2) is 78.9 Å². The molecule has 4 nitrogen and oxygen atoms in total. The number of hydrogen-bond acceptors (Lipinski definition) is 4. The van der Waals surface area contributed by atoms with Gasteiger partial charge in [0.05, 0.1) is 23.2 Å². The highest BCUT2D eigenvalue weighted by atomic mass is 35.5. The third-order valence-corrected chi connectivity index (χ3v) is 8.70. The fourth-order valence-corrected chi connectivity index (χ4v) is 6.37. The number of pyridine rings is 1. The van der Waals surface area contributed by atoms with Crippen molar-refractivity contribution in [2.45, 2.75) is 50.9 Å². The lowest BCUT2D eigenvalue weighted by Crippen LogP contribution is -2.16. The fourth-order valence-electron chi connectivity index (χ4n) is 4.74. The predicted octanol–water partition coefficient (Wildman–Crippen LogP) is 8.50. The Balaban J connectivity index is 1.53. The van der Waals surface area contributed by atoms with Crippen molar-refractivity contribution in [2.24, 2.45) is 5.92 Å². The van der Waals surface area contributed by atoms with E-state index >= 15 is 0 Å². The molecule has 0 radical (unpaired) electrons. The monoisotopic (exact) mass is 573 g/mol. The Labute approximate surface area is 246 Å². The van der Waals surface area contributed by atoms with E-state index in [9.17, 15) is 15.0 Å². The van der Waals surface area contributed by atoms with E-state index in [0.717, 1.165) is 40.6 Å². The first-order chi connectivity index (χ1) is 19.3. The first-order valence-electron chi connectivity index (χ1n) is 13.8. The fraction of sp³-hybridized carbons (Fsp3) is 0.294. The molecule has 0 bridgehead atoms. The van der Waals surface area contributed by atoms with E-state index in [0.29, 0.717) is 23.6 Å². The van der Waals surface area contributed by atoms with Crippen LogP contribution >= 0.6 is 23.4 Å². The SMILES string of the molecule is CCC(CSC(CCc1cccc(CC(C)O)c1)c1cccc(C=Cc2ccc3ccc(Cl)cc3n2)c1)C(=O)O. The van der Waals surface area contributed by atoms with Gasteiger partial charge in [0.25, 0.3) is 0 Å². The van der Waals surface area contributed by atoms with E-state index in [2.05, 4.69) is 48.5 Å². The smallest absolute Gasteiger partial charge is 0.307 e. The van der Waals surface area contributed by atoms with Crippen LogP contribution in [0.1, 0.15) is 59.9 Å². The van der Waals surface area contributed by atoms with Crippen molar-refractivity contribution in [3.8, 4) is 0 Å². The number of fused-ring (bicyclic) bond motifs is 1. The molecule has 1 aromatic heterocycles. The van der Waals surface area contributed by atoms with Gasteiger partial charge in [0.15, 0.2) is 0 Å². The Kier molecular flexibility index (Phi) is 10.8. The Morgan fingerprint density at radius 3 is 2.55 bits per heavy atom. The summed E-state index contributed by atoms with van der Waals surface area (Å²) >= 11 is 7.88. The molecular weight excluding hydrogens is 538 g/mol. The van der Waals surface area contributed by atoms with Gasteiger partial charge in [0.1, 0.15) is 0 Å². The summed E-state index contributed by atoms with van der Waals surface area (Å²) in [6.45, 7) is 3.74. The summed E-state index contributed by atoms with van der Waals surface area (Å²) in [6.07, 6.45) is 6.71. The quantitative estimate of drug-likeness (QED) is 0.168. The van der Waals surface area contributed by atoms with Crippen LogP contribution in [-0.4, -0.2) is 33.0 Å². The minimum atomic E-state index is -0.736. The number of hydrogen-bond donors (Lipinski definition) is 2. The van der Waals surface area contributed by atoms with Crippen LogP contribution in [0.5, 0.6) is 0 Å². The average Bonchev–Trinajstić information content (AvgIpc) is 2.93. The number of nitrogens with zero attached hydrogens (tertiary/aromatic N) is 1. The molecule has 0 fully saturated rings. The molecule has 3 atom stereocenters. The molecular formula is C34H36ClNO3S. The normalized spacial score (nSPS) is 13.9. The summed E-state index contributed by atoms with van der Waals surface area (Å²) in [5.74, 6) is -0.528. The van der Waals surface area contributed by atoms with Gasteiger partial charge >= 0.3 is 5.97 Å². The summed E-state index contributed by atoms with van der Waals surface area (Å²) in [5, 5.41) is 21.3. The van der Waals surface area contributed by atoms with Crippen LogP contribution in [0.2, 0.25) is 5.02 Å². The van der Waals surface area contributed by atoms with Gasteiger partial charge in [-0.3, -0.25) is 4.79 Å². The zero-order valence-corrected chi connectivity index (χ0v) is 24.5. The van der Waals surface area contributed by atoms with Gasteiger partial charge < -0.3 is 10.2 Å². The molecule has 0 amide bonds. The van der Waals surface area contributed by atoms with E-state index in [1.807, 2.05) is 49.4 Å². The van der Waals surface area contributed by atoms with Crippen LogP contribution in [0.3, 0.4) is 0 Å². The molecule has 0 aliphatic rings. The molecule has 4 rings (SSSR count). The standard InChI is InChI=1S/C34H36ClNO3S/c1-3-27(34(38)39)22-40-33(17-11-24-6-4-8-26(19-24)18-23(2)37)29-9-5-7-25(20-29)10-15-31-16-13-28-12-14-30(35)21-32(28)36-31/h4-10,12-16,19-21,23,27,33,37H,3,11,17-18,22H2,1-2H3,(H,38,39). The topological polar surface area (TPSA) is 70.4 Å². The number of aromatic nitrogens is 1. The highest BCUT2D eigenvalue weighted by molar-refractivity contribution is 7.99.